The summed E-state index contributed by atoms with van der Waals surface area (Å²) in [4.78, 5) is 10.8. The maximum atomic E-state index is 10.8. The Bertz CT molecular complexity index is 159. The van der Waals surface area contributed by atoms with Gasteiger partial charge in [0.05, 0.1) is 0 Å². The molecule has 58 valence electrons. The second-order valence-corrected chi connectivity index (χ2v) is 2.60. The molecular weight excluding hydrogens is 148 g/mol. The average molecular weight is 161 g/mol. The molecule has 0 rings (SSSR count). The zero-order chi connectivity index (χ0) is 8.15. The van der Waals surface area contributed by atoms with Crippen LogP contribution in [0.4, 0.5) is 0 Å². The zero-order valence-corrected chi connectivity index (χ0v) is 7.46. The Labute approximate surface area is 67.1 Å². The van der Waals surface area contributed by atoms with Gasteiger partial charge in [-0.25, -0.2) is 0 Å². The predicted molar refractivity (Wildman–Crippen MR) is 44.1 cm³/mol. The molecule has 0 aromatic rings. The molecule has 1 nitrogen and oxygen atoms in total. The number of halogens is 1. The number of hydrogen-bond acceptors (Lipinski definition) is 1. The van der Waals surface area contributed by atoms with E-state index in [2.05, 4.69) is 0 Å². The Morgan fingerprint density at radius 1 is 1.30 bits per heavy atom. The van der Waals surface area contributed by atoms with Crippen LogP contribution in [0.3, 0.4) is 0 Å². The van der Waals surface area contributed by atoms with Crippen molar-refractivity contribution in [2.75, 3.05) is 0 Å². The summed E-state index contributed by atoms with van der Waals surface area (Å²) in [5, 5.41) is 0.704. The van der Waals surface area contributed by atoms with E-state index in [1.54, 1.807) is 6.92 Å². The highest BCUT2D eigenvalue weighted by Crippen LogP contribution is 2.16. The number of allylic oxidation sites excluding steroid dienone is 2. The molecule has 10 heavy (non-hydrogen) atoms. The topological polar surface area (TPSA) is 17.1 Å². The molecule has 0 amide bonds. The van der Waals surface area contributed by atoms with Crippen molar-refractivity contribution in [3.05, 3.63) is 10.6 Å². The van der Waals surface area contributed by atoms with Gasteiger partial charge >= 0.3 is 0 Å². The standard InChI is InChI=1S/C8H13ClO/c1-4-7(6(3)10)8(9)5-2/h4-5H2,1-3H3/b8-7+. The highest BCUT2D eigenvalue weighted by Gasteiger charge is 2.04. The van der Waals surface area contributed by atoms with Gasteiger partial charge in [-0.2, -0.15) is 0 Å². The van der Waals surface area contributed by atoms with Gasteiger partial charge in [0.1, 0.15) is 0 Å². The lowest BCUT2D eigenvalue weighted by molar-refractivity contribution is -0.113. The highest BCUT2D eigenvalue weighted by molar-refractivity contribution is 6.31. The molecule has 0 N–H and O–H groups in total. The van der Waals surface area contributed by atoms with Crippen LogP contribution in [-0.4, -0.2) is 5.78 Å². The average Bonchev–Trinajstić information content (AvgIpc) is 1.88. The van der Waals surface area contributed by atoms with E-state index in [0.717, 1.165) is 18.4 Å². The maximum absolute atomic E-state index is 10.8. The van der Waals surface area contributed by atoms with E-state index < -0.39 is 0 Å². The summed E-state index contributed by atoms with van der Waals surface area (Å²) in [5.41, 5.74) is 0.768. The third-order valence-corrected chi connectivity index (χ3v) is 1.91. The Balaban J connectivity index is 4.45. The van der Waals surface area contributed by atoms with Crippen molar-refractivity contribution >= 4 is 17.4 Å². The molecule has 0 spiro atoms. The fourth-order valence-corrected chi connectivity index (χ4v) is 1.11. The van der Waals surface area contributed by atoms with Gasteiger partial charge in [0.15, 0.2) is 5.78 Å². The highest BCUT2D eigenvalue weighted by atomic mass is 35.5. The van der Waals surface area contributed by atoms with Crippen molar-refractivity contribution in [3.8, 4) is 0 Å². The van der Waals surface area contributed by atoms with Crippen molar-refractivity contribution in [1.82, 2.24) is 0 Å². The molecule has 0 bridgehead atoms. The van der Waals surface area contributed by atoms with E-state index >= 15 is 0 Å². The van der Waals surface area contributed by atoms with Crippen molar-refractivity contribution in [2.45, 2.75) is 33.6 Å². The van der Waals surface area contributed by atoms with Gasteiger partial charge in [-0.1, -0.05) is 25.4 Å². The van der Waals surface area contributed by atoms with Crippen LogP contribution in [0.25, 0.3) is 0 Å². The predicted octanol–water partition coefficient (Wildman–Crippen LogP) is 2.89. The van der Waals surface area contributed by atoms with Crippen LogP contribution >= 0.6 is 11.6 Å². The van der Waals surface area contributed by atoms with Crippen LogP contribution in [0.1, 0.15) is 33.6 Å². The Kier molecular flexibility index (Phi) is 4.37. The summed E-state index contributed by atoms with van der Waals surface area (Å²) in [7, 11) is 0. The van der Waals surface area contributed by atoms with E-state index in [0.29, 0.717) is 5.03 Å². The molecule has 0 atom stereocenters. The fourth-order valence-electron chi connectivity index (χ4n) is 0.845. The lowest BCUT2D eigenvalue weighted by atomic mass is 10.1. The van der Waals surface area contributed by atoms with Gasteiger partial charge in [0.2, 0.25) is 0 Å². The molecule has 0 unspecified atom stereocenters. The minimum Gasteiger partial charge on any atom is -0.295 e. The Hall–Kier alpha value is -0.300. The number of rotatable bonds is 3. The van der Waals surface area contributed by atoms with Crippen LogP contribution in [-0.2, 0) is 4.79 Å². The second kappa shape index (κ2) is 4.51. The molecule has 0 heterocycles. The number of carbonyl (C=O) groups is 1. The molecule has 0 saturated heterocycles. The number of carbonyl (C=O) groups excluding carboxylic acids is 1. The molecular formula is C8H13ClO. The summed E-state index contributed by atoms with van der Waals surface area (Å²) >= 11 is 5.79. The van der Waals surface area contributed by atoms with Crippen molar-refractivity contribution in [2.24, 2.45) is 0 Å². The first-order valence-electron chi connectivity index (χ1n) is 3.51. The lowest BCUT2D eigenvalue weighted by Crippen LogP contribution is -1.96. The van der Waals surface area contributed by atoms with Crippen molar-refractivity contribution in [1.29, 1.82) is 0 Å². The Morgan fingerprint density at radius 2 is 1.80 bits per heavy atom. The molecule has 0 aliphatic heterocycles. The van der Waals surface area contributed by atoms with Gasteiger partial charge < -0.3 is 0 Å². The number of hydrogen-bond donors (Lipinski definition) is 0. The van der Waals surface area contributed by atoms with E-state index in [1.165, 1.54) is 0 Å². The quantitative estimate of drug-likeness (QED) is 0.581. The van der Waals surface area contributed by atoms with E-state index in [9.17, 15) is 4.79 Å². The third kappa shape index (κ3) is 2.53. The summed E-state index contributed by atoms with van der Waals surface area (Å²) < 4.78 is 0. The minimum atomic E-state index is 0.0920. The van der Waals surface area contributed by atoms with Gasteiger partial charge in [-0.15, -0.1) is 0 Å². The van der Waals surface area contributed by atoms with E-state index in [1.807, 2.05) is 13.8 Å². The normalized spacial score (nSPS) is 12.8. The smallest absolute Gasteiger partial charge is 0.156 e. The summed E-state index contributed by atoms with van der Waals surface area (Å²) in [5.74, 6) is 0.0920. The van der Waals surface area contributed by atoms with E-state index in [-0.39, 0.29) is 5.78 Å². The Morgan fingerprint density at radius 3 is 1.90 bits per heavy atom. The van der Waals surface area contributed by atoms with Crippen LogP contribution in [0.5, 0.6) is 0 Å². The van der Waals surface area contributed by atoms with Crippen LogP contribution in [0.15, 0.2) is 10.6 Å². The van der Waals surface area contributed by atoms with Gasteiger partial charge in [0.25, 0.3) is 0 Å². The van der Waals surface area contributed by atoms with Gasteiger partial charge in [0, 0.05) is 10.6 Å². The third-order valence-electron chi connectivity index (χ3n) is 1.42. The summed E-state index contributed by atoms with van der Waals surface area (Å²) in [6.45, 7) is 5.44. The van der Waals surface area contributed by atoms with Crippen LogP contribution in [0.2, 0.25) is 0 Å². The van der Waals surface area contributed by atoms with Gasteiger partial charge in [-0.05, 0) is 19.8 Å². The molecule has 2 heteroatoms. The van der Waals surface area contributed by atoms with Crippen molar-refractivity contribution < 1.29 is 4.79 Å². The lowest BCUT2D eigenvalue weighted by Gasteiger charge is -2.00. The van der Waals surface area contributed by atoms with Gasteiger partial charge in [-0.3, -0.25) is 4.79 Å². The van der Waals surface area contributed by atoms with E-state index in [4.69, 9.17) is 11.6 Å². The number of ketones is 1. The van der Waals surface area contributed by atoms with Crippen molar-refractivity contribution in [3.63, 3.8) is 0 Å². The fraction of sp³-hybridized carbons (Fsp3) is 0.625. The molecule has 0 aliphatic rings. The maximum Gasteiger partial charge on any atom is 0.156 e. The molecule has 0 saturated carbocycles. The molecule has 0 aromatic heterocycles. The monoisotopic (exact) mass is 160 g/mol. The first kappa shape index (κ1) is 9.70. The molecule has 0 radical (unpaired) electrons. The molecule has 0 aliphatic carbocycles. The molecule has 0 fully saturated rings. The number of Topliss-reactive ketones (excluding diaryl/α,β-unsaturated/α-hetero) is 1. The first-order chi connectivity index (χ1) is 4.63. The molecule has 0 aromatic carbocycles. The SMILES string of the molecule is CC/C(Cl)=C(/CC)C(C)=O. The first-order valence-corrected chi connectivity index (χ1v) is 3.89. The second-order valence-electron chi connectivity index (χ2n) is 2.15. The zero-order valence-electron chi connectivity index (χ0n) is 6.70. The van der Waals surface area contributed by atoms with Crippen LogP contribution in [0, 0.1) is 0 Å². The minimum absolute atomic E-state index is 0.0920. The summed E-state index contributed by atoms with van der Waals surface area (Å²) in [6, 6.07) is 0. The van der Waals surface area contributed by atoms with Crippen LogP contribution < -0.4 is 0 Å². The largest absolute Gasteiger partial charge is 0.295 e. The summed E-state index contributed by atoms with van der Waals surface area (Å²) in [6.07, 6.45) is 1.49.